The third-order valence-corrected chi connectivity index (χ3v) is 4.79. The second-order valence-corrected chi connectivity index (χ2v) is 6.57. The number of rotatable bonds is 5. The van der Waals surface area contributed by atoms with Gasteiger partial charge < -0.3 is 4.74 Å². The highest BCUT2D eigenvalue weighted by molar-refractivity contribution is 7.89. The quantitative estimate of drug-likeness (QED) is 0.916. The van der Waals surface area contributed by atoms with E-state index in [1.165, 1.54) is 13.2 Å². The zero-order chi connectivity index (χ0) is 15.5. The number of sulfonamides is 1. The van der Waals surface area contributed by atoms with Crippen LogP contribution in [-0.4, -0.2) is 20.5 Å². The summed E-state index contributed by atoms with van der Waals surface area (Å²) in [6, 6.07) is 6.49. The van der Waals surface area contributed by atoms with Crippen molar-refractivity contribution in [1.82, 2.24) is 9.71 Å². The maximum absolute atomic E-state index is 12.4. The molecule has 0 unspecified atom stereocenters. The molecule has 1 aromatic carbocycles. The lowest BCUT2D eigenvalue weighted by Gasteiger charge is -2.12. The maximum Gasteiger partial charge on any atom is 0.241 e. The van der Waals surface area contributed by atoms with Crippen molar-refractivity contribution in [3.63, 3.8) is 0 Å². The molecule has 0 aliphatic heterocycles. The summed E-state index contributed by atoms with van der Waals surface area (Å²) in [5.74, 6) is 0.447. The third kappa shape index (κ3) is 3.72. The van der Waals surface area contributed by atoms with Gasteiger partial charge in [-0.1, -0.05) is 11.6 Å². The van der Waals surface area contributed by atoms with Gasteiger partial charge in [0.15, 0.2) is 0 Å². The molecule has 0 saturated carbocycles. The summed E-state index contributed by atoms with van der Waals surface area (Å²) >= 11 is 6.00. The molecule has 0 amide bonds. The Hall–Kier alpha value is -1.63. The Morgan fingerprint density at radius 1 is 1.29 bits per heavy atom. The number of nitrogens with zero attached hydrogens (tertiary/aromatic N) is 1. The van der Waals surface area contributed by atoms with Crippen molar-refractivity contribution in [1.29, 1.82) is 0 Å². The average Bonchev–Trinajstić information content (AvgIpc) is 2.48. The first-order chi connectivity index (χ1) is 9.94. The summed E-state index contributed by atoms with van der Waals surface area (Å²) in [5, 5.41) is 0.257. The zero-order valence-electron chi connectivity index (χ0n) is 11.6. The molecule has 0 spiro atoms. The Balaban J connectivity index is 2.26. The predicted octanol–water partition coefficient (Wildman–Crippen LogP) is 2.53. The topological polar surface area (TPSA) is 68.3 Å². The highest BCUT2D eigenvalue weighted by atomic mass is 35.5. The van der Waals surface area contributed by atoms with Crippen molar-refractivity contribution in [2.24, 2.45) is 0 Å². The van der Waals surface area contributed by atoms with E-state index >= 15 is 0 Å². The summed E-state index contributed by atoms with van der Waals surface area (Å²) in [4.78, 5) is 4.03. The van der Waals surface area contributed by atoms with Crippen LogP contribution in [0.15, 0.2) is 41.6 Å². The monoisotopic (exact) mass is 326 g/mol. The van der Waals surface area contributed by atoms with E-state index in [-0.39, 0.29) is 16.5 Å². The van der Waals surface area contributed by atoms with Gasteiger partial charge >= 0.3 is 0 Å². The molecule has 2 rings (SSSR count). The summed E-state index contributed by atoms with van der Waals surface area (Å²) < 4.78 is 32.3. The molecular weight excluding hydrogens is 312 g/mol. The molecule has 1 heterocycles. The fourth-order valence-electron chi connectivity index (χ4n) is 1.84. The Bertz CT molecular complexity index is 733. The average molecular weight is 327 g/mol. The van der Waals surface area contributed by atoms with Gasteiger partial charge in [0, 0.05) is 18.9 Å². The lowest BCUT2D eigenvalue weighted by atomic mass is 10.2. The molecule has 0 atom stereocenters. The summed E-state index contributed by atoms with van der Waals surface area (Å²) in [7, 11) is -2.16. The zero-order valence-corrected chi connectivity index (χ0v) is 13.2. The van der Waals surface area contributed by atoms with E-state index in [1.807, 2.05) is 0 Å². The lowest BCUT2D eigenvalue weighted by Crippen LogP contribution is -2.24. The fourth-order valence-corrected chi connectivity index (χ4v) is 3.41. The van der Waals surface area contributed by atoms with Gasteiger partial charge in [-0.25, -0.2) is 13.1 Å². The van der Waals surface area contributed by atoms with E-state index in [0.29, 0.717) is 11.3 Å². The number of ether oxygens (including phenoxy) is 1. The van der Waals surface area contributed by atoms with Crippen molar-refractivity contribution in [2.75, 3.05) is 7.11 Å². The van der Waals surface area contributed by atoms with E-state index in [4.69, 9.17) is 16.3 Å². The fraction of sp³-hybridized carbons (Fsp3) is 0.214. The first-order valence-corrected chi connectivity index (χ1v) is 8.03. The third-order valence-electron chi connectivity index (χ3n) is 2.95. The Morgan fingerprint density at radius 3 is 2.57 bits per heavy atom. The van der Waals surface area contributed by atoms with Crippen LogP contribution in [0.25, 0.3) is 0 Å². The minimum absolute atomic E-state index is 0.141. The van der Waals surface area contributed by atoms with Gasteiger partial charge in [-0.15, -0.1) is 0 Å². The highest BCUT2D eigenvalue weighted by Gasteiger charge is 2.19. The Kier molecular flexibility index (Phi) is 4.82. The van der Waals surface area contributed by atoms with Crippen molar-refractivity contribution in [3.8, 4) is 5.75 Å². The normalized spacial score (nSPS) is 11.4. The summed E-state index contributed by atoms with van der Waals surface area (Å²) in [6.45, 7) is 1.88. The van der Waals surface area contributed by atoms with Gasteiger partial charge in [0.05, 0.1) is 17.0 Å². The molecule has 112 valence electrons. The predicted molar refractivity (Wildman–Crippen MR) is 81.0 cm³/mol. The second-order valence-electron chi connectivity index (χ2n) is 4.43. The standard InChI is InChI=1S/C14H15ClN2O3S/c1-10-7-13(20-2)12(15)8-14(10)21(18,19)17-9-11-3-5-16-6-4-11/h3-8,17H,9H2,1-2H3. The molecule has 0 radical (unpaired) electrons. The van der Waals surface area contributed by atoms with Gasteiger partial charge in [0.2, 0.25) is 10.0 Å². The first-order valence-electron chi connectivity index (χ1n) is 6.17. The highest BCUT2D eigenvalue weighted by Crippen LogP contribution is 2.30. The van der Waals surface area contributed by atoms with Gasteiger partial charge in [-0.3, -0.25) is 4.98 Å². The van der Waals surface area contributed by atoms with Gasteiger partial charge in [-0.05, 0) is 42.3 Å². The number of benzene rings is 1. The number of aromatic nitrogens is 1. The molecular formula is C14H15ClN2O3S. The van der Waals surface area contributed by atoms with Gasteiger partial charge in [0.1, 0.15) is 5.75 Å². The van der Waals surface area contributed by atoms with Crippen molar-refractivity contribution in [2.45, 2.75) is 18.4 Å². The molecule has 0 bridgehead atoms. The van der Waals surface area contributed by atoms with Crippen LogP contribution in [-0.2, 0) is 16.6 Å². The van der Waals surface area contributed by atoms with Gasteiger partial charge in [-0.2, -0.15) is 0 Å². The number of methoxy groups -OCH3 is 1. The van der Waals surface area contributed by atoms with E-state index < -0.39 is 10.0 Å². The molecule has 0 aliphatic carbocycles. The van der Waals surface area contributed by atoms with E-state index in [1.54, 1.807) is 37.5 Å². The number of nitrogens with one attached hydrogen (secondary N) is 1. The Labute approximate surface area is 129 Å². The number of hydrogen-bond donors (Lipinski definition) is 1. The van der Waals surface area contributed by atoms with Crippen LogP contribution < -0.4 is 9.46 Å². The van der Waals surface area contributed by atoms with Crippen LogP contribution in [0, 0.1) is 6.92 Å². The van der Waals surface area contributed by atoms with Crippen LogP contribution in [0.2, 0.25) is 5.02 Å². The largest absolute Gasteiger partial charge is 0.495 e. The number of aryl methyl sites for hydroxylation is 1. The molecule has 1 N–H and O–H groups in total. The maximum atomic E-state index is 12.4. The Morgan fingerprint density at radius 2 is 1.95 bits per heavy atom. The SMILES string of the molecule is COc1cc(C)c(S(=O)(=O)NCc2ccncc2)cc1Cl. The van der Waals surface area contributed by atoms with Crippen molar-refractivity contribution < 1.29 is 13.2 Å². The van der Waals surface area contributed by atoms with Crippen LogP contribution in [0.3, 0.4) is 0 Å². The number of hydrogen-bond acceptors (Lipinski definition) is 4. The molecule has 2 aromatic rings. The van der Waals surface area contributed by atoms with E-state index in [9.17, 15) is 8.42 Å². The molecule has 21 heavy (non-hydrogen) atoms. The minimum Gasteiger partial charge on any atom is -0.495 e. The molecule has 0 aliphatic rings. The minimum atomic E-state index is -3.65. The van der Waals surface area contributed by atoms with Gasteiger partial charge in [0.25, 0.3) is 0 Å². The molecule has 1 aromatic heterocycles. The smallest absolute Gasteiger partial charge is 0.241 e. The first kappa shape index (κ1) is 15.8. The lowest BCUT2D eigenvalue weighted by molar-refractivity contribution is 0.414. The second kappa shape index (κ2) is 6.43. The summed E-state index contributed by atoms with van der Waals surface area (Å²) in [6.07, 6.45) is 3.22. The summed E-state index contributed by atoms with van der Waals surface area (Å²) in [5.41, 5.74) is 1.39. The van der Waals surface area contributed by atoms with Crippen LogP contribution in [0.5, 0.6) is 5.75 Å². The van der Waals surface area contributed by atoms with Crippen LogP contribution in [0.4, 0.5) is 0 Å². The van der Waals surface area contributed by atoms with Crippen LogP contribution >= 0.6 is 11.6 Å². The number of halogens is 1. The van der Waals surface area contributed by atoms with Crippen molar-refractivity contribution in [3.05, 3.63) is 52.8 Å². The molecule has 5 nitrogen and oxygen atoms in total. The number of pyridine rings is 1. The van der Waals surface area contributed by atoms with Crippen molar-refractivity contribution >= 4 is 21.6 Å². The van der Waals surface area contributed by atoms with E-state index in [2.05, 4.69) is 9.71 Å². The molecule has 7 heteroatoms. The van der Waals surface area contributed by atoms with E-state index in [0.717, 1.165) is 5.56 Å². The molecule has 0 fully saturated rings. The van der Waals surface area contributed by atoms with Crippen LogP contribution in [0.1, 0.15) is 11.1 Å². The molecule has 0 saturated heterocycles.